The van der Waals surface area contributed by atoms with Crippen LogP contribution in [0.4, 0.5) is 0 Å². The van der Waals surface area contributed by atoms with Gasteiger partial charge in [-0.05, 0) is 47.6 Å². The average molecular weight is 352 g/mol. The molecule has 3 rings (SSSR count). The minimum Gasteiger partial charge on any atom is -0.395 e. The Morgan fingerprint density at radius 3 is 2.77 bits per heavy atom. The molecule has 0 unspecified atom stereocenters. The Morgan fingerprint density at radius 1 is 1.23 bits per heavy atom. The van der Waals surface area contributed by atoms with Gasteiger partial charge in [0.15, 0.2) is 0 Å². The maximum absolute atomic E-state index is 11.1. The van der Waals surface area contributed by atoms with E-state index in [-0.39, 0.29) is 18.7 Å². The summed E-state index contributed by atoms with van der Waals surface area (Å²) in [5.74, 6) is -0.545. The zero-order valence-electron chi connectivity index (χ0n) is 14.6. The monoisotopic (exact) mass is 352 g/mol. The van der Waals surface area contributed by atoms with Gasteiger partial charge >= 0.3 is 0 Å². The van der Waals surface area contributed by atoms with E-state index in [0.29, 0.717) is 0 Å². The molecule has 26 heavy (non-hydrogen) atoms. The van der Waals surface area contributed by atoms with Crippen molar-refractivity contribution in [3.05, 3.63) is 76.9 Å². The van der Waals surface area contributed by atoms with Crippen LogP contribution in [-0.4, -0.2) is 28.9 Å². The molecular formula is C21H24N2O3. The maximum atomic E-state index is 11.1. The van der Waals surface area contributed by atoms with Crippen molar-refractivity contribution in [2.24, 2.45) is 0 Å². The number of nitrogens with one attached hydrogen (secondary N) is 2. The molecule has 5 heteroatoms. The molecule has 1 amide bonds. The fourth-order valence-corrected chi connectivity index (χ4v) is 3.48. The predicted molar refractivity (Wildman–Crippen MR) is 101 cm³/mol. The fraction of sp³-hybridized carbons (Fsp3) is 0.286. The van der Waals surface area contributed by atoms with E-state index >= 15 is 0 Å². The Balaban J connectivity index is 1.67. The van der Waals surface area contributed by atoms with Crippen molar-refractivity contribution >= 4 is 12.0 Å². The van der Waals surface area contributed by atoms with Crippen molar-refractivity contribution < 1.29 is 15.1 Å². The van der Waals surface area contributed by atoms with Gasteiger partial charge in [-0.2, -0.15) is 0 Å². The number of hydrogen-bond acceptors (Lipinski definition) is 4. The third kappa shape index (κ3) is 4.58. The summed E-state index contributed by atoms with van der Waals surface area (Å²) in [6.45, 7) is 0.0951. The van der Waals surface area contributed by atoms with Gasteiger partial charge in [0.1, 0.15) is 0 Å². The number of benzene rings is 2. The van der Waals surface area contributed by atoms with Crippen LogP contribution in [-0.2, 0) is 17.6 Å². The summed E-state index contributed by atoms with van der Waals surface area (Å²) in [7, 11) is 0. The van der Waals surface area contributed by atoms with Crippen molar-refractivity contribution in [1.82, 2.24) is 10.8 Å². The number of rotatable bonds is 7. The first-order valence-corrected chi connectivity index (χ1v) is 8.85. The van der Waals surface area contributed by atoms with Crippen LogP contribution < -0.4 is 10.8 Å². The molecule has 0 aliphatic heterocycles. The Bertz CT molecular complexity index is 774. The van der Waals surface area contributed by atoms with Gasteiger partial charge in [0, 0.05) is 18.2 Å². The third-order valence-electron chi connectivity index (χ3n) is 4.76. The van der Waals surface area contributed by atoms with Crippen molar-refractivity contribution in [1.29, 1.82) is 0 Å². The summed E-state index contributed by atoms with van der Waals surface area (Å²) in [5.41, 5.74) is 6.22. The summed E-state index contributed by atoms with van der Waals surface area (Å²) in [6.07, 6.45) is 5.72. The van der Waals surface area contributed by atoms with Crippen molar-refractivity contribution in [2.45, 2.75) is 31.3 Å². The van der Waals surface area contributed by atoms with E-state index in [1.54, 1.807) is 11.6 Å². The highest BCUT2D eigenvalue weighted by Gasteiger charge is 2.24. The maximum Gasteiger partial charge on any atom is 0.267 e. The van der Waals surface area contributed by atoms with Crippen LogP contribution in [0.2, 0.25) is 0 Å². The van der Waals surface area contributed by atoms with Crippen LogP contribution in [0.3, 0.4) is 0 Å². The minimum absolute atomic E-state index is 0.0150. The average Bonchev–Trinajstić information content (AvgIpc) is 3.08. The molecule has 0 saturated carbocycles. The first-order valence-electron chi connectivity index (χ1n) is 8.85. The molecule has 0 radical (unpaired) electrons. The SMILES string of the molecule is O=C(/C=C/c1ccc2c(c1)CC[C@H]2N[C@H](CO)Cc1ccccc1)NO. The molecule has 1 aliphatic carbocycles. The molecule has 0 aromatic heterocycles. The molecule has 136 valence electrons. The number of hydroxylamine groups is 1. The second kappa shape index (κ2) is 8.76. The molecule has 2 aromatic carbocycles. The number of aliphatic hydroxyl groups is 1. The zero-order valence-corrected chi connectivity index (χ0v) is 14.6. The van der Waals surface area contributed by atoms with Crippen molar-refractivity contribution in [3.63, 3.8) is 0 Å². The quantitative estimate of drug-likeness (QED) is 0.350. The number of hydrogen-bond donors (Lipinski definition) is 4. The molecule has 0 bridgehead atoms. The summed E-state index contributed by atoms with van der Waals surface area (Å²) in [6, 6.07) is 16.5. The normalized spacial score (nSPS) is 17.2. The van der Waals surface area contributed by atoms with Gasteiger partial charge in [-0.25, -0.2) is 5.48 Å². The Labute approximate surface area is 153 Å². The van der Waals surface area contributed by atoms with Gasteiger partial charge in [0.25, 0.3) is 5.91 Å². The Morgan fingerprint density at radius 2 is 2.04 bits per heavy atom. The minimum atomic E-state index is -0.545. The van der Waals surface area contributed by atoms with Crippen LogP contribution in [0.25, 0.3) is 6.08 Å². The van der Waals surface area contributed by atoms with Gasteiger partial charge in [-0.1, -0.05) is 48.5 Å². The van der Waals surface area contributed by atoms with E-state index in [1.807, 2.05) is 24.3 Å². The molecule has 2 atom stereocenters. The highest BCUT2D eigenvalue weighted by molar-refractivity contribution is 5.90. The third-order valence-corrected chi connectivity index (χ3v) is 4.76. The van der Waals surface area contributed by atoms with Crippen LogP contribution in [0.5, 0.6) is 0 Å². The Hall–Kier alpha value is -2.47. The first-order chi connectivity index (χ1) is 12.7. The second-order valence-corrected chi connectivity index (χ2v) is 6.59. The molecule has 0 heterocycles. The lowest BCUT2D eigenvalue weighted by atomic mass is 10.0. The van der Waals surface area contributed by atoms with E-state index in [9.17, 15) is 9.90 Å². The summed E-state index contributed by atoms with van der Waals surface area (Å²) >= 11 is 0. The molecular weight excluding hydrogens is 328 g/mol. The van der Waals surface area contributed by atoms with E-state index in [1.165, 1.54) is 22.8 Å². The number of amides is 1. The number of aryl methyl sites for hydroxylation is 1. The topological polar surface area (TPSA) is 81.6 Å². The molecule has 1 aliphatic rings. The standard InChI is InChI=1S/C21H24N2O3/c24-14-18(13-15-4-2-1-3-5-15)22-20-10-8-17-12-16(6-9-19(17)20)7-11-21(25)23-26/h1-7,9,11-12,18,20,22,24,26H,8,10,13-14H2,(H,23,25)/b11-7+/t18-,20+/m0/s1. The highest BCUT2D eigenvalue weighted by Crippen LogP contribution is 2.32. The lowest BCUT2D eigenvalue weighted by Gasteiger charge is -2.22. The molecule has 0 spiro atoms. The van der Waals surface area contributed by atoms with Crippen molar-refractivity contribution in [3.8, 4) is 0 Å². The summed E-state index contributed by atoms with van der Waals surface area (Å²) < 4.78 is 0. The van der Waals surface area contributed by atoms with E-state index in [4.69, 9.17) is 5.21 Å². The lowest BCUT2D eigenvalue weighted by Crippen LogP contribution is -2.36. The second-order valence-electron chi connectivity index (χ2n) is 6.59. The van der Waals surface area contributed by atoms with Gasteiger partial charge in [-0.3, -0.25) is 10.0 Å². The zero-order chi connectivity index (χ0) is 18.4. The highest BCUT2D eigenvalue weighted by atomic mass is 16.5. The van der Waals surface area contributed by atoms with E-state index < -0.39 is 5.91 Å². The first kappa shape index (κ1) is 18.3. The number of carbonyl (C=O) groups excluding carboxylic acids is 1. The van der Waals surface area contributed by atoms with Crippen LogP contribution in [0, 0.1) is 0 Å². The van der Waals surface area contributed by atoms with Gasteiger partial charge in [-0.15, -0.1) is 0 Å². The predicted octanol–water partition coefficient (Wildman–Crippen LogP) is 2.39. The lowest BCUT2D eigenvalue weighted by molar-refractivity contribution is -0.124. The fourth-order valence-electron chi connectivity index (χ4n) is 3.48. The van der Waals surface area contributed by atoms with Crippen LogP contribution >= 0.6 is 0 Å². The number of carbonyl (C=O) groups is 1. The summed E-state index contributed by atoms with van der Waals surface area (Å²) in [4.78, 5) is 11.1. The molecule has 0 fully saturated rings. The van der Waals surface area contributed by atoms with Gasteiger partial charge in [0.2, 0.25) is 0 Å². The molecule has 4 N–H and O–H groups in total. The number of fused-ring (bicyclic) bond motifs is 1. The van der Waals surface area contributed by atoms with E-state index in [0.717, 1.165) is 24.8 Å². The smallest absolute Gasteiger partial charge is 0.267 e. The number of aliphatic hydroxyl groups excluding tert-OH is 1. The van der Waals surface area contributed by atoms with Crippen molar-refractivity contribution in [2.75, 3.05) is 6.61 Å². The molecule has 5 nitrogen and oxygen atoms in total. The largest absolute Gasteiger partial charge is 0.395 e. The van der Waals surface area contributed by atoms with Gasteiger partial charge in [0.05, 0.1) is 6.61 Å². The van der Waals surface area contributed by atoms with Gasteiger partial charge < -0.3 is 10.4 Å². The summed E-state index contributed by atoms with van der Waals surface area (Å²) in [5, 5.41) is 21.9. The molecule has 2 aromatic rings. The van der Waals surface area contributed by atoms with E-state index in [2.05, 4.69) is 29.6 Å². The van der Waals surface area contributed by atoms with Crippen LogP contribution in [0.15, 0.2) is 54.6 Å². The molecule has 0 saturated heterocycles. The van der Waals surface area contributed by atoms with Crippen LogP contribution in [0.1, 0.15) is 34.7 Å². The Kier molecular flexibility index (Phi) is 6.17.